The van der Waals surface area contributed by atoms with Crippen molar-refractivity contribution in [1.82, 2.24) is 15.3 Å². The van der Waals surface area contributed by atoms with Crippen LogP contribution >= 0.6 is 34.7 Å². The first kappa shape index (κ1) is 15.5. The molecule has 8 heteroatoms. The average Bonchev–Trinajstić information content (AvgIpc) is 2.72. The number of thioether (sulfide) groups is 1. The zero-order valence-electron chi connectivity index (χ0n) is 11.0. The summed E-state index contributed by atoms with van der Waals surface area (Å²) in [7, 11) is 0. The van der Waals surface area contributed by atoms with Crippen molar-refractivity contribution in [2.45, 2.75) is 24.9 Å². The van der Waals surface area contributed by atoms with Gasteiger partial charge in [0.05, 0.1) is 22.8 Å². The summed E-state index contributed by atoms with van der Waals surface area (Å²) >= 11 is 9.08. The summed E-state index contributed by atoms with van der Waals surface area (Å²) in [5.74, 6) is 0.0770. The first-order valence-electron chi connectivity index (χ1n) is 5.95. The number of amides is 1. The Bertz CT molecular complexity index is 632. The minimum Gasteiger partial charge on any atom is -0.394 e. The zero-order valence-corrected chi connectivity index (χ0v) is 13.4. The molecule has 1 atom stereocenters. The van der Waals surface area contributed by atoms with E-state index in [9.17, 15) is 4.79 Å². The van der Waals surface area contributed by atoms with Crippen LogP contribution in [0.2, 0.25) is 5.02 Å². The van der Waals surface area contributed by atoms with Gasteiger partial charge in [-0.25, -0.2) is 9.97 Å². The molecule has 2 rings (SSSR count). The van der Waals surface area contributed by atoms with Gasteiger partial charge in [-0.2, -0.15) is 0 Å². The van der Waals surface area contributed by atoms with E-state index >= 15 is 0 Å². The number of aliphatic hydroxyl groups is 1. The molecule has 0 aliphatic rings. The van der Waals surface area contributed by atoms with Crippen molar-refractivity contribution in [3.05, 3.63) is 16.2 Å². The number of hydrogen-bond acceptors (Lipinski definition) is 6. The summed E-state index contributed by atoms with van der Waals surface area (Å²) < 4.78 is 0. The Kier molecular flexibility index (Phi) is 5.20. The lowest BCUT2D eigenvalue weighted by atomic mass is 10.4. The van der Waals surface area contributed by atoms with Crippen molar-refractivity contribution in [2.75, 3.05) is 12.4 Å². The van der Waals surface area contributed by atoms with Crippen LogP contribution in [0.15, 0.2) is 11.4 Å². The molecule has 2 aromatic rings. The van der Waals surface area contributed by atoms with E-state index in [-0.39, 0.29) is 24.3 Å². The number of nitrogens with one attached hydrogen (secondary N) is 1. The Morgan fingerprint density at radius 2 is 2.35 bits per heavy atom. The van der Waals surface area contributed by atoms with Gasteiger partial charge in [0.15, 0.2) is 0 Å². The predicted octanol–water partition coefficient (Wildman–Crippen LogP) is 2.24. The highest BCUT2D eigenvalue weighted by atomic mass is 35.5. The van der Waals surface area contributed by atoms with Crippen LogP contribution in [0, 0.1) is 6.92 Å². The summed E-state index contributed by atoms with van der Waals surface area (Å²) in [6.07, 6.45) is 1.48. The van der Waals surface area contributed by atoms with Gasteiger partial charge in [0.25, 0.3) is 0 Å². The van der Waals surface area contributed by atoms with Gasteiger partial charge in [-0.05, 0) is 13.8 Å². The molecule has 0 radical (unpaired) electrons. The first-order valence-corrected chi connectivity index (χ1v) is 8.13. The largest absolute Gasteiger partial charge is 0.394 e. The second kappa shape index (κ2) is 6.71. The number of aryl methyl sites for hydroxylation is 1. The predicted molar refractivity (Wildman–Crippen MR) is 82.6 cm³/mol. The lowest BCUT2D eigenvalue weighted by molar-refractivity contribution is -0.119. The van der Waals surface area contributed by atoms with Gasteiger partial charge in [0, 0.05) is 10.9 Å². The van der Waals surface area contributed by atoms with Crippen molar-refractivity contribution < 1.29 is 9.90 Å². The number of rotatable bonds is 5. The maximum atomic E-state index is 11.7. The van der Waals surface area contributed by atoms with Gasteiger partial charge < -0.3 is 10.4 Å². The molecular weight excluding hydrogens is 318 g/mol. The van der Waals surface area contributed by atoms with Crippen LogP contribution in [0.1, 0.15) is 11.8 Å². The molecule has 0 aromatic carbocycles. The van der Waals surface area contributed by atoms with Crippen molar-refractivity contribution in [2.24, 2.45) is 0 Å². The van der Waals surface area contributed by atoms with Gasteiger partial charge in [-0.15, -0.1) is 11.3 Å². The average molecular weight is 332 g/mol. The van der Waals surface area contributed by atoms with E-state index in [0.717, 1.165) is 15.1 Å². The Balaban J connectivity index is 2.12. The highest BCUT2D eigenvalue weighted by Gasteiger charge is 2.15. The number of hydrogen-bond donors (Lipinski definition) is 2. The van der Waals surface area contributed by atoms with Gasteiger partial charge in [-0.1, -0.05) is 23.4 Å². The van der Waals surface area contributed by atoms with E-state index < -0.39 is 0 Å². The summed E-state index contributed by atoms with van der Waals surface area (Å²) in [5, 5.41) is 13.7. The minimum atomic E-state index is -0.250. The van der Waals surface area contributed by atoms with Gasteiger partial charge in [0.1, 0.15) is 16.2 Å². The molecule has 0 spiro atoms. The molecule has 0 aliphatic heterocycles. The SMILES string of the molecule is Cc1sc2ncnc(SCC(=O)NC(C)CO)c2c1Cl. The molecule has 1 amide bonds. The van der Waals surface area contributed by atoms with E-state index in [2.05, 4.69) is 15.3 Å². The third-order valence-electron chi connectivity index (χ3n) is 2.58. The molecule has 0 saturated carbocycles. The molecule has 2 aromatic heterocycles. The highest BCUT2D eigenvalue weighted by molar-refractivity contribution is 8.00. The summed E-state index contributed by atoms with van der Waals surface area (Å²) in [5.41, 5.74) is 0. The quantitative estimate of drug-likeness (QED) is 0.649. The third kappa shape index (κ3) is 3.41. The fourth-order valence-corrected chi connectivity index (χ4v) is 3.76. The van der Waals surface area contributed by atoms with E-state index in [0.29, 0.717) is 10.0 Å². The van der Waals surface area contributed by atoms with Crippen LogP contribution in [-0.2, 0) is 4.79 Å². The molecule has 0 aliphatic carbocycles. The van der Waals surface area contributed by atoms with Crippen LogP contribution in [0.4, 0.5) is 0 Å². The molecule has 2 N–H and O–H groups in total. The van der Waals surface area contributed by atoms with Crippen molar-refractivity contribution in [3.8, 4) is 0 Å². The second-order valence-corrected chi connectivity index (χ2v) is 6.82. The van der Waals surface area contributed by atoms with Crippen LogP contribution in [0.5, 0.6) is 0 Å². The van der Waals surface area contributed by atoms with Crippen LogP contribution in [-0.4, -0.2) is 39.4 Å². The minimum absolute atomic E-state index is 0.0797. The Morgan fingerprint density at radius 3 is 3.05 bits per heavy atom. The number of aromatic nitrogens is 2. The lowest BCUT2D eigenvalue weighted by Gasteiger charge is -2.10. The van der Waals surface area contributed by atoms with Crippen LogP contribution in [0.25, 0.3) is 10.2 Å². The molecule has 2 heterocycles. The summed E-state index contributed by atoms with van der Waals surface area (Å²) in [6.45, 7) is 3.59. The smallest absolute Gasteiger partial charge is 0.230 e. The standard InChI is InChI=1S/C12H14ClN3O2S2/c1-6(3-17)16-8(18)4-19-11-9-10(13)7(2)20-12(9)15-5-14-11/h5-6,17H,3-4H2,1-2H3,(H,16,18). The Morgan fingerprint density at radius 1 is 1.60 bits per heavy atom. The number of thiophene rings is 1. The molecule has 0 fully saturated rings. The summed E-state index contributed by atoms with van der Waals surface area (Å²) in [6, 6.07) is -0.250. The maximum Gasteiger partial charge on any atom is 0.230 e. The molecular formula is C12H14ClN3O2S2. The van der Waals surface area contributed by atoms with E-state index in [1.807, 2.05) is 6.92 Å². The van der Waals surface area contributed by atoms with Gasteiger partial charge in [-0.3, -0.25) is 4.79 Å². The van der Waals surface area contributed by atoms with Gasteiger partial charge in [0.2, 0.25) is 5.91 Å². The fourth-order valence-electron chi connectivity index (χ4n) is 1.59. The highest BCUT2D eigenvalue weighted by Crippen LogP contribution is 2.37. The topological polar surface area (TPSA) is 75.1 Å². The number of aliphatic hydroxyl groups excluding tert-OH is 1. The fraction of sp³-hybridized carbons (Fsp3) is 0.417. The van der Waals surface area contributed by atoms with Crippen LogP contribution < -0.4 is 5.32 Å². The molecule has 0 saturated heterocycles. The molecule has 0 bridgehead atoms. The van der Waals surface area contributed by atoms with E-state index in [1.54, 1.807) is 6.92 Å². The molecule has 108 valence electrons. The number of carbonyl (C=O) groups is 1. The summed E-state index contributed by atoms with van der Waals surface area (Å²) in [4.78, 5) is 21.9. The van der Waals surface area contributed by atoms with Crippen molar-refractivity contribution in [3.63, 3.8) is 0 Å². The van der Waals surface area contributed by atoms with Crippen molar-refractivity contribution >= 4 is 50.8 Å². The van der Waals surface area contributed by atoms with E-state index in [4.69, 9.17) is 16.7 Å². The second-order valence-electron chi connectivity index (χ2n) is 4.27. The van der Waals surface area contributed by atoms with E-state index in [1.165, 1.54) is 29.4 Å². The van der Waals surface area contributed by atoms with Gasteiger partial charge >= 0.3 is 0 Å². The number of carbonyl (C=O) groups excluding carboxylic acids is 1. The molecule has 5 nitrogen and oxygen atoms in total. The monoisotopic (exact) mass is 331 g/mol. The molecule has 1 unspecified atom stereocenters. The van der Waals surface area contributed by atoms with Crippen LogP contribution in [0.3, 0.4) is 0 Å². The lowest BCUT2D eigenvalue weighted by Crippen LogP contribution is -2.36. The number of halogens is 1. The third-order valence-corrected chi connectivity index (χ3v) is 5.16. The van der Waals surface area contributed by atoms with Crippen molar-refractivity contribution in [1.29, 1.82) is 0 Å². The zero-order chi connectivity index (χ0) is 14.7. The Labute approximate surface area is 129 Å². The first-order chi connectivity index (χ1) is 9.52. The Hall–Kier alpha value is -0.890. The number of fused-ring (bicyclic) bond motifs is 1. The molecule has 20 heavy (non-hydrogen) atoms. The normalized spacial score (nSPS) is 12.6. The maximum absolute atomic E-state index is 11.7. The number of nitrogens with zero attached hydrogens (tertiary/aromatic N) is 2.